The van der Waals surface area contributed by atoms with Gasteiger partial charge in [-0.1, -0.05) is 12.1 Å². The van der Waals surface area contributed by atoms with Crippen LogP contribution in [0.25, 0.3) is 0 Å². The highest BCUT2D eigenvalue weighted by Gasteiger charge is 2.47. The van der Waals surface area contributed by atoms with Gasteiger partial charge in [-0.15, -0.1) is 0 Å². The number of benzene rings is 1. The second kappa shape index (κ2) is 11.1. The molecule has 0 aliphatic carbocycles. The largest absolute Gasteiger partial charge is 0.762 e. The van der Waals surface area contributed by atoms with Gasteiger partial charge in [-0.3, -0.25) is 5.23 Å². The Morgan fingerprint density at radius 3 is 2.03 bits per heavy atom. The third kappa shape index (κ3) is 5.91. The van der Waals surface area contributed by atoms with Crippen LogP contribution in [-0.2, 0) is 20.6 Å². The fourth-order valence-corrected chi connectivity index (χ4v) is 3.44. The maximum Gasteiger partial charge on any atom is 0.229 e. The Balaban J connectivity index is 1.58. The van der Waals surface area contributed by atoms with E-state index in [4.69, 9.17) is 29.3 Å². The molecule has 2 aliphatic heterocycles. The molecular weight excluding hydrogens is 434 g/mol. The molecule has 9 atom stereocenters. The summed E-state index contributed by atoms with van der Waals surface area (Å²) in [5.74, 6) is 0.271. The Labute approximate surface area is 183 Å². The third-order valence-electron chi connectivity index (χ3n) is 5.36. The van der Waals surface area contributed by atoms with Crippen molar-refractivity contribution in [2.75, 3.05) is 19.8 Å². The van der Waals surface area contributed by atoms with Crippen LogP contribution in [0.15, 0.2) is 24.3 Å². The van der Waals surface area contributed by atoms with Crippen LogP contribution in [0.2, 0.25) is 0 Å². The zero-order valence-corrected chi connectivity index (χ0v) is 17.0. The quantitative estimate of drug-likeness (QED) is 0.184. The lowest BCUT2D eigenvalue weighted by molar-refractivity contribution is -0.290. The molecule has 0 amide bonds. The van der Waals surface area contributed by atoms with Gasteiger partial charge in [0.2, 0.25) is 6.29 Å². The first-order chi connectivity index (χ1) is 15.2. The molecule has 9 unspecified atom stereocenters. The lowest BCUT2D eigenvalue weighted by atomic mass is 9.99. The maximum atomic E-state index is 10.6. The molecule has 0 aromatic heterocycles. The highest BCUT2D eigenvalue weighted by molar-refractivity contribution is 5.27. The summed E-state index contributed by atoms with van der Waals surface area (Å²) < 4.78 is 21.6. The number of nitrogens with zero attached hydrogens (tertiary/aromatic N) is 1. The molecule has 13 nitrogen and oxygen atoms in total. The van der Waals surface area contributed by atoms with E-state index >= 15 is 0 Å². The standard InChI is InChI=1S/C19H28NO12/c21-7-11-13(22)16(25)18(31-11)29-8-12-14(23)15(24)17(26)19(32-12)30-10-3-1-9(2-4-10)5-6-20(27)28/h1-4,11-19,21-27H,5-8H2/q-1. The summed E-state index contributed by atoms with van der Waals surface area (Å²) >= 11 is 0. The van der Waals surface area contributed by atoms with Crippen LogP contribution < -0.4 is 4.74 Å². The summed E-state index contributed by atoms with van der Waals surface area (Å²) in [6, 6.07) is 6.36. The molecule has 0 radical (unpaired) electrons. The minimum absolute atomic E-state index is 0.105. The van der Waals surface area contributed by atoms with Gasteiger partial charge in [0.05, 0.1) is 13.2 Å². The number of aliphatic hydroxyl groups is 6. The van der Waals surface area contributed by atoms with Crippen LogP contribution in [-0.4, -0.2) is 116 Å². The van der Waals surface area contributed by atoms with Crippen LogP contribution in [0.1, 0.15) is 5.56 Å². The van der Waals surface area contributed by atoms with Crippen molar-refractivity contribution in [3.63, 3.8) is 0 Å². The fourth-order valence-electron chi connectivity index (χ4n) is 3.44. The molecule has 0 bridgehead atoms. The topological polar surface area (TPSA) is 205 Å². The first-order valence-corrected chi connectivity index (χ1v) is 10.0. The number of hydroxylamine groups is 2. The van der Waals surface area contributed by atoms with Crippen molar-refractivity contribution >= 4 is 0 Å². The Kier molecular flexibility index (Phi) is 8.74. The molecule has 0 spiro atoms. The summed E-state index contributed by atoms with van der Waals surface area (Å²) in [7, 11) is 0. The summed E-state index contributed by atoms with van der Waals surface area (Å²) in [6.07, 6.45) is -12.1. The van der Waals surface area contributed by atoms with E-state index < -0.39 is 61.9 Å². The van der Waals surface area contributed by atoms with E-state index in [2.05, 4.69) is 0 Å². The molecule has 2 aliphatic rings. The first kappa shape index (κ1) is 25.2. The van der Waals surface area contributed by atoms with Gasteiger partial charge in [0.1, 0.15) is 48.5 Å². The predicted molar refractivity (Wildman–Crippen MR) is 103 cm³/mol. The minimum atomic E-state index is -1.63. The number of hydrogen-bond donors (Lipinski definition) is 7. The van der Waals surface area contributed by atoms with Crippen molar-refractivity contribution < 1.29 is 54.8 Å². The van der Waals surface area contributed by atoms with Crippen LogP contribution >= 0.6 is 0 Å². The summed E-state index contributed by atoms with van der Waals surface area (Å²) in [6.45, 7) is -1.02. The monoisotopic (exact) mass is 462 g/mol. The first-order valence-electron chi connectivity index (χ1n) is 10.0. The Hall–Kier alpha value is -1.46. The van der Waals surface area contributed by atoms with Crippen molar-refractivity contribution in [1.29, 1.82) is 0 Å². The molecule has 0 saturated carbocycles. The predicted octanol–water partition coefficient (Wildman–Crippen LogP) is -2.94. The molecule has 2 saturated heterocycles. The average molecular weight is 462 g/mol. The minimum Gasteiger partial charge on any atom is -0.762 e. The number of aliphatic hydroxyl groups excluding tert-OH is 6. The van der Waals surface area contributed by atoms with Gasteiger partial charge < -0.3 is 60.0 Å². The van der Waals surface area contributed by atoms with Gasteiger partial charge in [-0.2, -0.15) is 0 Å². The van der Waals surface area contributed by atoms with Gasteiger partial charge in [0.15, 0.2) is 6.29 Å². The maximum absolute atomic E-state index is 10.6. The Morgan fingerprint density at radius 2 is 1.44 bits per heavy atom. The number of ether oxygens (including phenoxy) is 4. The van der Waals surface area contributed by atoms with E-state index in [9.17, 15) is 30.7 Å². The van der Waals surface area contributed by atoms with E-state index in [1.54, 1.807) is 24.3 Å². The summed E-state index contributed by atoms with van der Waals surface area (Å²) in [5.41, 5.74) is 0.748. The normalized spacial score (nSPS) is 37.7. The van der Waals surface area contributed by atoms with Crippen molar-refractivity contribution in [2.45, 2.75) is 61.7 Å². The molecule has 182 valence electrons. The Morgan fingerprint density at radius 1 is 0.844 bits per heavy atom. The molecule has 1 aromatic rings. The second-order valence-corrected chi connectivity index (χ2v) is 7.64. The van der Waals surface area contributed by atoms with E-state index in [1.807, 2.05) is 0 Å². The highest BCUT2D eigenvalue weighted by atomic mass is 16.8. The lowest BCUT2D eigenvalue weighted by Gasteiger charge is -2.40. The van der Waals surface area contributed by atoms with Crippen molar-refractivity contribution in [3.8, 4) is 5.75 Å². The van der Waals surface area contributed by atoms with Crippen LogP contribution in [0.4, 0.5) is 0 Å². The molecule has 3 rings (SSSR count). The van der Waals surface area contributed by atoms with E-state index in [0.29, 0.717) is 6.42 Å². The SMILES string of the molecule is [O-]N(O)CCc1ccc(OC2OC(COC3OC(CO)C(O)C3O)C(O)C(O)C2O)cc1. The summed E-state index contributed by atoms with van der Waals surface area (Å²) in [5, 5.41) is 78.5. The molecule has 2 heterocycles. The molecule has 1 aromatic carbocycles. The van der Waals surface area contributed by atoms with Crippen LogP contribution in [0, 0.1) is 5.21 Å². The van der Waals surface area contributed by atoms with Crippen molar-refractivity contribution in [3.05, 3.63) is 35.0 Å². The molecule has 2 fully saturated rings. The molecule has 13 heteroatoms. The van der Waals surface area contributed by atoms with Gasteiger partial charge in [-0.05, 0) is 24.1 Å². The van der Waals surface area contributed by atoms with Crippen molar-refractivity contribution in [2.24, 2.45) is 0 Å². The molecule has 32 heavy (non-hydrogen) atoms. The third-order valence-corrected chi connectivity index (χ3v) is 5.36. The van der Waals surface area contributed by atoms with Crippen molar-refractivity contribution in [1.82, 2.24) is 5.23 Å². The van der Waals surface area contributed by atoms with Gasteiger partial charge in [0, 0.05) is 6.54 Å². The van der Waals surface area contributed by atoms with Gasteiger partial charge in [-0.25, -0.2) is 0 Å². The van der Waals surface area contributed by atoms with E-state index in [-0.39, 0.29) is 24.1 Å². The van der Waals surface area contributed by atoms with E-state index in [1.165, 1.54) is 0 Å². The average Bonchev–Trinajstić information content (AvgIpc) is 3.06. The lowest BCUT2D eigenvalue weighted by Crippen LogP contribution is -2.60. The summed E-state index contributed by atoms with van der Waals surface area (Å²) in [4.78, 5) is 0. The number of hydrogen-bond acceptors (Lipinski definition) is 13. The zero-order valence-electron chi connectivity index (χ0n) is 17.0. The zero-order chi connectivity index (χ0) is 23.4. The van der Waals surface area contributed by atoms with Crippen LogP contribution in [0.5, 0.6) is 5.75 Å². The fraction of sp³-hybridized carbons (Fsp3) is 0.684. The number of rotatable bonds is 9. The molecular formula is C19H28NO12-. The van der Waals surface area contributed by atoms with Gasteiger partial charge in [0.25, 0.3) is 0 Å². The highest BCUT2D eigenvalue weighted by Crippen LogP contribution is 2.27. The molecule has 7 N–H and O–H groups in total. The smallest absolute Gasteiger partial charge is 0.229 e. The van der Waals surface area contributed by atoms with Gasteiger partial charge >= 0.3 is 0 Å². The Bertz CT molecular complexity index is 706. The second-order valence-electron chi connectivity index (χ2n) is 7.64. The van der Waals surface area contributed by atoms with E-state index in [0.717, 1.165) is 5.56 Å². The van der Waals surface area contributed by atoms with Crippen LogP contribution in [0.3, 0.4) is 0 Å².